The minimum absolute atomic E-state index is 0. The van der Waals surface area contributed by atoms with Crippen molar-refractivity contribution in [1.29, 1.82) is 0 Å². The van der Waals surface area contributed by atoms with E-state index in [0.717, 1.165) is 57.2 Å². The van der Waals surface area contributed by atoms with Gasteiger partial charge in [0.25, 0.3) is 0 Å². The molecule has 0 spiro atoms. The summed E-state index contributed by atoms with van der Waals surface area (Å²) in [5.41, 5.74) is 5.82. The normalized spacial score (nSPS) is 21.9. The Balaban J connectivity index is 0.00000210. The number of carbonyl (C=O) groups excluding carboxylic acids is 1. The monoisotopic (exact) mass is 415 g/mol. The molecule has 0 saturated carbocycles. The van der Waals surface area contributed by atoms with Gasteiger partial charge in [0, 0.05) is 6.54 Å². The molecule has 0 radical (unpaired) electrons. The third kappa shape index (κ3) is 4.62. The quantitative estimate of drug-likeness (QED) is 0.705. The summed E-state index contributed by atoms with van der Waals surface area (Å²) >= 11 is 0. The first-order chi connectivity index (χ1) is 12.4. The van der Waals surface area contributed by atoms with Crippen LogP contribution in [0.3, 0.4) is 0 Å². The fraction of sp³-hybridized carbons (Fsp3) is 0.632. The van der Waals surface area contributed by atoms with Gasteiger partial charge in [-0.3, -0.25) is 4.79 Å². The van der Waals surface area contributed by atoms with Crippen LogP contribution in [-0.4, -0.2) is 44.7 Å². The zero-order chi connectivity index (χ0) is 18.3. The molecule has 1 saturated heterocycles. The first-order valence-electron chi connectivity index (χ1n) is 9.57. The number of amides is 2. The summed E-state index contributed by atoms with van der Waals surface area (Å²) < 4.78 is 28.7. The van der Waals surface area contributed by atoms with Crippen molar-refractivity contribution in [3.8, 4) is 0 Å². The van der Waals surface area contributed by atoms with E-state index in [1.807, 2.05) is 11.9 Å². The van der Waals surface area contributed by atoms with Gasteiger partial charge in [0.1, 0.15) is 0 Å². The van der Waals surface area contributed by atoms with E-state index in [2.05, 4.69) is 16.1 Å². The van der Waals surface area contributed by atoms with Crippen molar-refractivity contribution in [3.63, 3.8) is 0 Å². The molecular weight excluding hydrogens is 389 g/mol. The predicted octanol–water partition coefficient (Wildman–Crippen LogP) is -0.00240. The molecule has 1 aromatic carbocycles. The SMILES string of the molecule is CN1CCCC(S(=O)(=O)[N-]C(=O)Nc2c3c(cc4c2CCC4)CCC3)C1.[K+]. The van der Waals surface area contributed by atoms with Gasteiger partial charge in [-0.05, 0) is 92.9 Å². The Morgan fingerprint density at radius 2 is 1.74 bits per heavy atom. The summed E-state index contributed by atoms with van der Waals surface area (Å²) in [4.78, 5) is 14.5. The number of aryl methyl sites for hydroxylation is 2. The maximum absolute atomic E-state index is 12.5. The molecule has 2 amide bonds. The average molecular weight is 416 g/mol. The van der Waals surface area contributed by atoms with Crippen molar-refractivity contribution in [3.05, 3.63) is 33.0 Å². The van der Waals surface area contributed by atoms with Gasteiger partial charge in [-0.2, -0.15) is 0 Å². The van der Waals surface area contributed by atoms with Crippen molar-refractivity contribution in [2.75, 3.05) is 25.5 Å². The van der Waals surface area contributed by atoms with E-state index >= 15 is 0 Å². The summed E-state index contributed by atoms with van der Waals surface area (Å²) in [5.74, 6) is 0. The minimum atomic E-state index is -3.79. The Labute approximate surface area is 204 Å². The molecule has 4 rings (SSSR count). The second-order valence-electron chi connectivity index (χ2n) is 7.80. The van der Waals surface area contributed by atoms with Gasteiger partial charge in [-0.25, -0.2) is 8.42 Å². The second-order valence-corrected chi connectivity index (χ2v) is 9.68. The van der Waals surface area contributed by atoms with Crippen LogP contribution in [0, 0.1) is 0 Å². The summed E-state index contributed by atoms with van der Waals surface area (Å²) in [6.45, 7) is 1.33. The molecule has 2 aliphatic carbocycles. The summed E-state index contributed by atoms with van der Waals surface area (Å²) in [5, 5.41) is 2.27. The first kappa shape index (κ1) is 21.7. The van der Waals surface area contributed by atoms with E-state index in [1.54, 1.807) is 0 Å². The van der Waals surface area contributed by atoms with Crippen LogP contribution in [-0.2, 0) is 35.7 Å². The molecule has 1 atom stereocenters. The van der Waals surface area contributed by atoms with Gasteiger partial charge in [0.2, 0.25) is 0 Å². The number of fused-ring (bicyclic) bond motifs is 2. The van der Waals surface area contributed by atoms with E-state index < -0.39 is 21.3 Å². The summed E-state index contributed by atoms with van der Waals surface area (Å²) in [6, 6.07) is 1.54. The van der Waals surface area contributed by atoms with Crippen molar-refractivity contribution < 1.29 is 64.6 Å². The van der Waals surface area contributed by atoms with Crippen molar-refractivity contribution in [2.24, 2.45) is 0 Å². The molecule has 0 bridgehead atoms. The fourth-order valence-electron chi connectivity index (χ4n) is 4.65. The third-order valence-corrected chi connectivity index (χ3v) is 7.57. The largest absolute Gasteiger partial charge is 1.00 e. The van der Waals surface area contributed by atoms with Crippen LogP contribution in [0.25, 0.3) is 4.72 Å². The topological polar surface area (TPSA) is 80.6 Å². The maximum atomic E-state index is 12.5. The number of piperidine rings is 1. The molecule has 1 heterocycles. The van der Waals surface area contributed by atoms with Crippen LogP contribution in [0.1, 0.15) is 47.9 Å². The number of nitrogens with zero attached hydrogens (tertiary/aromatic N) is 2. The fourth-order valence-corrected chi connectivity index (χ4v) is 5.98. The zero-order valence-electron chi connectivity index (χ0n) is 16.3. The molecule has 27 heavy (non-hydrogen) atoms. The molecule has 142 valence electrons. The van der Waals surface area contributed by atoms with Crippen LogP contribution < -0.4 is 56.7 Å². The number of benzene rings is 1. The molecule has 6 nitrogen and oxygen atoms in total. The smallest absolute Gasteiger partial charge is 0.423 e. The number of nitrogens with one attached hydrogen (secondary N) is 1. The van der Waals surface area contributed by atoms with Crippen LogP contribution in [0.5, 0.6) is 0 Å². The number of sulfonamides is 1. The van der Waals surface area contributed by atoms with Crippen molar-refractivity contribution >= 4 is 21.7 Å². The summed E-state index contributed by atoms with van der Waals surface area (Å²) in [6.07, 6.45) is 7.52. The number of urea groups is 1. The molecule has 1 aliphatic heterocycles. The Kier molecular flexibility index (Phi) is 7.09. The first-order valence-corrected chi connectivity index (χ1v) is 11.1. The van der Waals surface area contributed by atoms with E-state index in [1.165, 1.54) is 22.3 Å². The number of hydrogen-bond acceptors (Lipinski definition) is 4. The van der Waals surface area contributed by atoms with Gasteiger partial charge in [0.15, 0.2) is 16.1 Å². The van der Waals surface area contributed by atoms with Crippen molar-refractivity contribution in [2.45, 2.75) is 56.6 Å². The standard InChI is InChI=1S/C19H27N3O3S.K/c1-22-10-4-7-15(12-22)26(24,25)21-19(23)20-18-16-8-2-5-13(16)11-14-6-3-9-17(14)18;/h11,15H,2-10,12H2,1H3,(H2,20,21,23);/q;+1/p-1. The number of likely N-dealkylation sites (tertiary alicyclic amines) is 1. The molecule has 1 fully saturated rings. The summed E-state index contributed by atoms with van der Waals surface area (Å²) in [7, 11) is -1.89. The molecule has 1 aromatic rings. The molecule has 1 N–H and O–H groups in total. The number of carbonyl (C=O) groups is 1. The maximum Gasteiger partial charge on any atom is 1.00 e. The Hall–Kier alpha value is 0.0364. The van der Waals surface area contributed by atoms with Crippen LogP contribution >= 0.6 is 0 Å². The van der Waals surface area contributed by atoms with E-state index in [9.17, 15) is 13.2 Å². The Morgan fingerprint density at radius 3 is 2.33 bits per heavy atom. The second kappa shape index (κ2) is 8.81. The average Bonchev–Trinajstić information content (AvgIpc) is 3.23. The van der Waals surface area contributed by atoms with Gasteiger partial charge in [-0.15, -0.1) is 0 Å². The van der Waals surface area contributed by atoms with E-state index in [0.29, 0.717) is 13.0 Å². The van der Waals surface area contributed by atoms with E-state index in [4.69, 9.17) is 0 Å². The predicted molar refractivity (Wildman–Crippen MR) is 102 cm³/mol. The minimum Gasteiger partial charge on any atom is -0.423 e. The van der Waals surface area contributed by atoms with Crippen LogP contribution in [0.4, 0.5) is 10.5 Å². The van der Waals surface area contributed by atoms with Crippen LogP contribution in [0.2, 0.25) is 0 Å². The molecule has 3 aliphatic rings. The number of hydrogen-bond donors (Lipinski definition) is 1. The Bertz CT molecular complexity index is 809. The van der Waals surface area contributed by atoms with Crippen LogP contribution in [0.15, 0.2) is 6.07 Å². The van der Waals surface area contributed by atoms with Crippen molar-refractivity contribution in [1.82, 2.24) is 4.90 Å². The van der Waals surface area contributed by atoms with Gasteiger partial charge in [-0.1, -0.05) is 6.07 Å². The van der Waals surface area contributed by atoms with E-state index in [-0.39, 0.29) is 51.4 Å². The molecule has 0 aromatic heterocycles. The zero-order valence-corrected chi connectivity index (χ0v) is 20.2. The molecule has 8 heteroatoms. The molecular formula is C19H26KN3O3S. The van der Waals surface area contributed by atoms with Gasteiger partial charge >= 0.3 is 51.4 Å². The van der Waals surface area contributed by atoms with Gasteiger partial charge < -0.3 is 14.9 Å². The molecule has 1 unspecified atom stereocenters. The third-order valence-electron chi connectivity index (χ3n) is 5.92. The number of rotatable bonds is 3. The Morgan fingerprint density at radius 1 is 1.11 bits per heavy atom. The number of anilines is 1. The van der Waals surface area contributed by atoms with Gasteiger partial charge in [0.05, 0.1) is 5.25 Å².